The van der Waals surface area contributed by atoms with Crippen LogP contribution in [0.25, 0.3) is 0 Å². The van der Waals surface area contributed by atoms with Gasteiger partial charge < -0.3 is 9.84 Å². The molecule has 0 heterocycles. The Labute approximate surface area is 136 Å². The Kier molecular flexibility index (Phi) is 4.71. The second kappa shape index (κ2) is 6.03. The van der Waals surface area contributed by atoms with Crippen molar-refractivity contribution in [2.75, 3.05) is 6.61 Å². The number of hydrogen-bond donors (Lipinski definition) is 1. The molecule has 0 aromatic heterocycles. The van der Waals surface area contributed by atoms with Crippen molar-refractivity contribution in [3.05, 3.63) is 27.2 Å². The lowest BCUT2D eigenvalue weighted by Gasteiger charge is -2.17. The molecule has 2 rings (SSSR count). The summed E-state index contributed by atoms with van der Waals surface area (Å²) in [6.07, 6.45) is 1.62. The average molecular weight is 352 g/mol. The molecule has 0 saturated carbocycles. The fourth-order valence-corrected chi connectivity index (χ4v) is 3.42. The monoisotopic (exact) mass is 350 g/mol. The highest BCUT2D eigenvalue weighted by Gasteiger charge is 2.45. The fourth-order valence-electron chi connectivity index (χ4n) is 2.49. The maximum atomic E-state index is 12.4. The summed E-state index contributed by atoms with van der Waals surface area (Å²) in [5.41, 5.74) is 0.950. The SMILES string of the molecule is CCCC1(Cl)Cc2cc(OCC(=O)O)c(Cl)c(Cl)c2C1=O. The molecule has 1 aromatic rings. The Morgan fingerprint density at radius 3 is 2.67 bits per heavy atom. The van der Waals surface area contributed by atoms with Gasteiger partial charge >= 0.3 is 5.97 Å². The van der Waals surface area contributed by atoms with Gasteiger partial charge in [0.25, 0.3) is 0 Å². The van der Waals surface area contributed by atoms with Gasteiger partial charge in [0.2, 0.25) is 0 Å². The number of carboxylic acids is 1. The number of ether oxygens (including phenoxy) is 1. The fraction of sp³-hybridized carbons (Fsp3) is 0.429. The summed E-state index contributed by atoms with van der Waals surface area (Å²) in [7, 11) is 0. The summed E-state index contributed by atoms with van der Waals surface area (Å²) >= 11 is 18.6. The maximum Gasteiger partial charge on any atom is 0.341 e. The van der Waals surface area contributed by atoms with Crippen LogP contribution in [0.3, 0.4) is 0 Å². The van der Waals surface area contributed by atoms with Crippen molar-refractivity contribution in [3.8, 4) is 5.75 Å². The summed E-state index contributed by atoms with van der Waals surface area (Å²) in [5, 5.41) is 8.75. The van der Waals surface area contributed by atoms with Crippen LogP contribution in [-0.4, -0.2) is 28.3 Å². The van der Waals surface area contributed by atoms with E-state index in [1.807, 2.05) is 6.92 Å². The van der Waals surface area contributed by atoms with E-state index in [0.717, 1.165) is 6.42 Å². The third-order valence-electron chi connectivity index (χ3n) is 3.36. The number of fused-ring (bicyclic) bond motifs is 1. The van der Waals surface area contributed by atoms with Gasteiger partial charge in [-0.05, 0) is 24.5 Å². The molecule has 1 N–H and O–H groups in total. The van der Waals surface area contributed by atoms with Crippen LogP contribution >= 0.6 is 34.8 Å². The van der Waals surface area contributed by atoms with E-state index in [0.29, 0.717) is 24.0 Å². The van der Waals surface area contributed by atoms with E-state index in [1.165, 1.54) is 0 Å². The van der Waals surface area contributed by atoms with Gasteiger partial charge in [-0.2, -0.15) is 0 Å². The number of ketones is 1. The van der Waals surface area contributed by atoms with Crippen molar-refractivity contribution in [3.63, 3.8) is 0 Å². The number of carbonyl (C=O) groups excluding carboxylic acids is 1. The summed E-state index contributed by atoms with van der Waals surface area (Å²) < 4.78 is 5.10. The highest BCUT2D eigenvalue weighted by molar-refractivity contribution is 6.48. The molecule has 0 bridgehead atoms. The molecule has 0 spiro atoms. The predicted molar refractivity (Wildman–Crippen MR) is 81.1 cm³/mol. The van der Waals surface area contributed by atoms with Crippen molar-refractivity contribution in [1.82, 2.24) is 0 Å². The van der Waals surface area contributed by atoms with Crippen molar-refractivity contribution in [1.29, 1.82) is 0 Å². The summed E-state index contributed by atoms with van der Waals surface area (Å²) in [6, 6.07) is 1.55. The standard InChI is InChI=1S/C14H13Cl3O4/c1-2-3-14(17)5-7-4-8(21-6-9(18)19)11(15)12(16)10(7)13(14)20/h4H,2-3,5-6H2,1H3,(H,18,19). The molecule has 0 radical (unpaired) electrons. The summed E-state index contributed by atoms with van der Waals surface area (Å²) in [4.78, 5) is 22.0. The number of halogens is 3. The van der Waals surface area contributed by atoms with Gasteiger partial charge in [0.05, 0.1) is 5.02 Å². The third-order valence-corrected chi connectivity index (χ3v) is 4.70. The Morgan fingerprint density at radius 1 is 1.43 bits per heavy atom. The first kappa shape index (κ1) is 16.4. The van der Waals surface area contributed by atoms with Crippen LogP contribution in [-0.2, 0) is 11.2 Å². The minimum Gasteiger partial charge on any atom is -0.480 e. The first-order chi connectivity index (χ1) is 9.80. The van der Waals surface area contributed by atoms with E-state index in [2.05, 4.69) is 0 Å². The minimum atomic E-state index is -1.13. The summed E-state index contributed by atoms with van der Waals surface area (Å²) in [5.74, 6) is -1.22. The van der Waals surface area contributed by atoms with E-state index >= 15 is 0 Å². The van der Waals surface area contributed by atoms with Crippen molar-refractivity contribution in [2.45, 2.75) is 31.1 Å². The van der Waals surface area contributed by atoms with E-state index < -0.39 is 17.5 Å². The number of aliphatic carboxylic acids is 1. The van der Waals surface area contributed by atoms with Gasteiger partial charge in [0.1, 0.15) is 15.6 Å². The van der Waals surface area contributed by atoms with Crippen LogP contribution in [0.5, 0.6) is 5.75 Å². The average Bonchev–Trinajstić information content (AvgIpc) is 2.64. The number of alkyl halides is 1. The second-order valence-electron chi connectivity index (χ2n) is 4.94. The molecule has 4 nitrogen and oxygen atoms in total. The number of carbonyl (C=O) groups is 2. The number of Topliss-reactive ketones (excluding diaryl/α,β-unsaturated/α-hetero) is 1. The third kappa shape index (κ3) is 2.98. The molecule has 114 valence electrons. The molecule has 21 heavy (non-hydrogen) atoms. The molecule has 0 aliphatic heterocycles. The van der Waals surface area contributed by atoms with E-state index in [9.17, 15) is 9.59 Å². The van der Waals surface area contributed by atoms with Gasteiger partial charge in [-0.3, -0.25) is 4.79 Å². The first-order valence-electron chi connectivity index (χ1n) is 6.39. The molecule has 7 heteroatoms. The van der Waals surface area contributed by atoms with Crippen molar-refractivity contribution < 1.29 is 19.4 Å². The molecule has 0 fully saturated rings. The van der Waals surface area contributed by atoms with Gasteiger partial charge in [0.15, 0.2) is 12.4 Å². The van der Waals surface area contributed by atoms with Crippen LogP contribution in [0.4, 0.5) is 0 Å². The van der Waals surface area contributed by atoms with E-state index in [-0.39, 0.29) is 21.6 Å². The predicted octanol–water partition coefficient (Wildman–Crippen LogP) is 3.97. The highest BCUT2D eigenvalue weighted by atomic mass is 35.5. The van der Waals surface area contributed by atoms with E-state index in [1.54, 1.807) is 6.07 Å². The molecule has 0 saturated heterocycles. The van der Waals surface area contributed by atoms with Crippen LogP contribution < -0.4 is 4.74 Å². The van der Waals surface area contributed by atoms with Crippen LogP contribution in [0, 0.1) is 0 Å². The number of benzene rings is 1. The van der Waals surface area contributed by atoms with Gasteiger partial charge in [0, 0.05) is 5.56 Å². The molecule has 1 aromatic carbocycles. The zero-order valence-electron chi connectivity index (χ0n) is 11.2. The van der Waals surface area contributed by atoms with Crippen molar-refractivity contribution in [2.24, 2.45) is 0 Å². The zero-order valence-corrected chi connectivity index (χ0v) is 13.5. The normalized spacial score (nSPS) is 20.5. The Morgan fingerprint density at radius 2 is 2.10 bits per heavy atom. The van der Waals surface area contributed by atoms with Gasteiger partial charge in [-0.15, -0.1) is 11.6 Å². The van der Waals surface area contributed by atoms with Crippen LogP contribution in [0.15, 0.2) is 6.07 Å². The van der Waals surface area contributed by atoms with Crippen molar-refractivity contribution >= 4 is 46.6 Å². The van der Waals surface area contributed by atoms with Crippen LogP contribution in [0.2, 0.25) is 10.0 Å². The first-order valence-corrected chi connectivity index (χ1v) is 7.52. The molecular weight excluding hydrogens is 339 g/mol. The molecule has 1 atom stereocenters. The smallest absolute Gasteiger partial charge is 0.341 e. The summed E-state index contributed by atoms with van der Waals surface area (Å²) in [6.45, 7) is 1.40. The Balaban J connectivity index is 2.42. The molecule has 1 aliphatic carbocycles. The lowest BCUT2D eigenvalue weighted by atomic mass is 9.98. The molecular formula is C14H13Cl3O4. The number of hydrogen-bond acceptors (Lipinski definition) is 3. The lowest BCUT2D eigenvalue weighted by Crippen LogP contribution is -2.28. The van der Waals surface area contributed by atoms with E-state index in [4.69, 9.17) is 44.6 Å². The zero-order chi connectivity index (χ0) is 15.8. The lowest BCUT2D eigenvalue weighted by molar-refractivity contribution is -0.139. The van der Waals surface area contributed by atoms with Crippen LogP contribution in [0.1, 0.15) is 35.7 Å². The maximum absolute atomic E-state index is 12.4. The minimum absolute atomic E-state index is 0.0300. The molecule has 0 amide bonds. The van der Waals surface area contributed by atoms with Gasteiger partial charge in [-0.1, -0.05) is 36.5 Å². The topological polar surface area (TPSA) is 63.6 Å². The highest BCUT2D eigenvalue weighted by Crippen LogP contribution is 2.46. The second-order valence-corrected chi connectivity index (χ2v) is 6.42. The quantitative estimate of drug-likeness (QED) is 0.815. The largest absolute Gasteiger partial charge is 0.480 e. The Hall–Kier alpha value is -0.970. The number of rotatable bonds is 5. The number of carboxylic acid groups (broad SMARTS) is 1. The Bertz CT molecular complexity index is 615. The molecule has 1 unspecified atom stereocenters. The van der Waals surface area contributed by atoms with Gasteiger partial charge in [-0.25, -0.2) is 4.79 Å². The molecule has 1 aliphatic rings.